The Hall–Kier alpha value is -0.860. The van der Waals surface area contributed by atoms with E-state index in [1.807, 2.05) is 0 Å². The molecular formula is C16H25NO. The van der Waals surface area contributed by atoms with Gasteiger partial charge in [-0.25, -0.2) is 0 Å². The highest BCUT2D eigenvalue weighted by Crippen LogP contribution is 2.32. The molecule has 2 rings (SSSR count). The molecule has 18 heavy (non-hydrogen) atoms. The van der Waals surface area contributed by atoms with Crippen LogP contribution >= 0.6 is 0 Å². The monoisotopic (exact) mass is 247 g/mol. The number of hydrogen-bond donors (Lipinski definition) is 1. The maximum Gasteiger partial charge on any atom is 0.0828 e. The Morgan fingerprint density at radius 3 is 2.94 bits per heavy atom. The lowest BCUT2D eigenvalue weighted by Crippen LogP contribution is -2.33. The first-order valence-electron chi connectivity index (χ1n) is 7.28. The fraction of sp³-hybridized carbons (Fsp3) is 0.625. The molecule has 1 N–H and O–H groups in total. The van der Waals surface area contributed by atoms with Gasteiger partial charge in [0.2, 0.25) is 0 Å². The molecule has 0 saturated heterocycles. The zero-order chi connectivity index (χ0) is 12.8. The van der Waals surface area contributed by atoms with Crippen molar-refractivity contribution in [2.45, 2.75) is 51.7 Å². The van der Waals surface area contributed by atoms with Crippen molar-refractivity contribution >= 4 is 0 Å². The second-order valence-electron chi connectivity index (χ2n) is 5.08. The number of nitrogens with one attached hydrogen (secondary N) is 1. The summed E-state index contributed by atoms with van der Waals surface area (Å²) >= 11 is 0. The number of hydrogen-bond acceptors (Lipinski definition) is 2. The Morgan fingerprint density at radius 2 is 2.17 bits per heavy atom. The predicted octanol–water partition coefficient (Wildman–Crippen LogP) is 3.47. The molecule has 0 spiro atoms. The quantitative estimate of drug-likeness (QED) is 0.831. The highest BCUT2D eigenvalue weighted by Gasteiger charge is 2.21. The molecule has 0 heterocycles. The van der Waals surface area contributed by atoms with Crippen molar-refractivity contribution in [3.8, 4) is 0 Å². The SMILES string of the molecule is CCNC(CC)COC1CCCc2ccccc21. The van der Waals surface area contributed by atoms with E-state index >= 15 is 0 Å². The number of fused-ring (bicyclic) bond motifs is 1. The van der Waals surface area contributed by atoms with Crippen molar-refractivity contribution in [1.29, 1.82) is 0 Å². The first kappa shape index (κ1) is 13.6. The minimum Gasteiger partial charge on any atom is -0.372 e. The van der Waals surface area contributed by atoms with Gasteiger partial charge in [0.05, 0.1) is 12.7 Å². The molecule has 100 valence electrons. The van der Waals surface area contributed by atoms with Gasteiger partial charge in [-0.05, 0) is 43.4 Å². The predicted molar refractivity (Wildman–Crippen MR) is 75.8 cm³/mol. The summed E-state index contributed by atoms with van der Waals surface area (Å²) in [6.45, 7) is 6.20. The Bertz CT molecular complexity index is 364. The zero-order valence-corrected chi connectivity index (χ0v) is 11.6. The third-order valence-corrected chi connectivity index (χ3v) is 3.80. The molecule has 1 aliphatic rings. The maximum atomic E-state index is 6.15. The van der Waals surface area contributed by atoms with Gasteiger partial charge in [0.1, 0.15) is 0 Å². The van der Waals surface area contributed by atoms with Crippen LogP contribution in [-0.2, 0) is 11.2 Å². The molecule has 0 radical (unpaired) electrons. The van der Waals surface area contributed by atoms with E-state index in [9.17, 15) is 0 Å². The summed E-state index contributed by atoms with van der Waals surface area (Å²) in [7, 11) is 0. The average Bonchev–Trinajstić information content (AvgIpc) is 2.43. The summed E-state index contributed by atoms with van der Waals surface area (Å²) < 4.78 is 6.15. The third kappa shape index (κ3) is 3.33. The van der Waals surface area contributed by atoms with Crippen LogP contribution in [0.3, 0.4) is 0 Å². The smallest absolute Gasteiger partial charge is 0.0828 e. The lowest BCUT2D eigenvalue weighted by Gasteiger charge is -2.27. The Morgan fingerprint density at radius 1 is 1.33 bits per heavy atom. The van der Waals surface area contributed by atoms with Crippen LogP contribution in [0.5, 0.6) is 0 Å². The van der Waals surface area contributed by atoms with E-state index in [1.165, 1.54) is 30.4 Å². The number of ether oxygens (including phenoxy) is 1. The first-order chi connectivity index (χ1) is 8.85. The van der Waals surface area contributed by atoms with Gasteiger partial charge in [0.25, 0.3) is 0 Å². The minimum atomic E-state index is 0.308. The number of benzene rings is 1. The molecule has 1 aromatic carbocycles. The standard InChI is InChI=1S/C16H25NO/c1-3-14(17-4-2)12-18-16-11-7-9-13-8-5-6-10-15(13)16/h5-6,8,10,14,16-17H,3-4,7,9,11-12H2,1-2H3. The van der Waals surface area contributed by atoms with E-state index < -0.39 is 0 Å². The van der Waals surface area contributed by atoms with E-state index in [0.717, 1.165) is 19.6 Å². The van der Waals surface area contributed by atoms with Crippen LogP contribution in [0.25, 0.3) is 0 Å². The van der Waals surface area contributed by atoms with Crippen molar-refractivity contribution in [3.05, 3.63) is 35.4 Å². The van der Waals surface area contributed by atoms with Gasteiger partial charge in [-0.2, -0.15) is 0 Å². The highest BCUT2D eigenvalue weighted by molar-refractivity contribution is 5.31. The summed E-state index contributed by atoms with van der Waals surface area (Å²) in [6, 6.07) is 9.22. The molecule has 0 fully saturated rings. The van der Waals surface area contributed by atoms with Crippen LogP contribution < -0.4 is 5.32 Å². The second-order valence-corrected chi connectivity index (χ2v) is 5.08. The molecule has 0 saturated carbocycles. The van der Waals surface area contributed by atoms with Crippen LogP contribution in [0.4, 0.5) is 0 Å². The van der Waals surface area contributed by atoms with Crippen molar-refractivity contribution < 1.29 is 4.74 Å². The first-order valence-corrected chi connectivity index (χ1v) is 7.28. The fourth-order valence-electron chi connectivity index (χ4n) is 2.72. The Balaban J connectivity index is 1.94. The van der Waals surface area contributed by atoms with Gasteiger partial charge in [0, 0.05) is 6.04 Å². The summed E-state index contributed by atoms with van der Waals surface area (Å²) in [5.74, 6) is 0. The van der Waals surface area contributed by atoms with Gasteiger partial charge < -0.3 is 10.1 Å². The van der Waals surface area contributed by atoms with Gasteiger partial charge in [-0.1, -0.05) is 38.1 Å². The molecule has 2 nitrogen and oxygen atoms in total. The largest absolute Gasteiger partial charge is 0.372 e. The molecular weight excluding hydrogens is 222 g/mol. The molecule has 0 aliphatic heterocycles. The zero-order valence-electron chi connectivity index (χ0n) is 11.6. The molecule has 0 aromatic heterocycles. The van der Waals surface area contributed by atoms with Gasteiger partial charge >= 0.3 is 0 Å². The van der Waals surface area contributed by atoms with E-state index in [-0.39, 0.29) is 0 Å². The van der Waals surface area contributed by atoms with Crippen molar-refractivity contribution in [1.82, 2.24) is 5.32 Å². The van der Waals surface area contributed by atoms with E-state index in [2.05, 4.69) is 43.4 Å². The summed E-state index contributed by atoms with van der Waals surface area (Å²) in [5.41, 5.74) is 2.89. The lowest BCUT2D eigenvalue weighted by atomic mass is 9.89. The number of rotatable bonds is 6. The Kier molecular flexibility index (Phi) is 5.21. The van der Waals surface area contributed by atoms with Crippen LogP contribution in [0.1, 0.15) is 50.3 Å². The lowest BCUT2D eigenvalue weighted by molar-refractivity contribution is 0.0262. The summed E-state index contributed by atoms with van der Waals surface area (Å²) in [6.07, 6.45) is 5.06. The van der Waals surface area contributed by atoms with E-state index in [0.29, 0.717) is 12.1 Å². The maximum absolute atomic E-state index is 6.15. The molecule has 0 bridgehead atoms. The van der Waals surface area contributed by atoms with Gasteiger partial charge in [0.15, 0.2) is 0 Å². The topological polar surface area (TPSA) is 21.3 Å². The molecule has 2 unspecified atom stereocenters. The molecule has 2 atom stereocenters. The second kappa shape index (κ2) is 6.91. The van der Waals surface area contributed by atoms with Crippen molar-refractivity contribution in [3.63, 3.8) is 0 Å². The van der Waals surface area contributed by atoms with Crippen LogP contribution in [0, 0.1) is 0 Å². The van der Waals surface area contributed by atoms with Gasteiger partial charge in [-0.15, -0.1) is 0 Å². The molecule has 1 aromatic rings. The van der Waals surface area contributed by atoms with Gasteiger partial charge in [-0.3, -0.25) is 0 Å². The summed E-state index contributed by atoms with van der Waals surface area (Å²) in [5, 5.41) is 3.47. The van der Waals surface area contributed by atoms with Crippen molar-refractivity contribution in [2.24, 2.45) is 0 Å². The average molecular weight is 247 g/mol. The number of likely N-dealkylation sites (N-methyl/N-ethyl adjacent to an activating group) is 1. The third-order valence-electron chi connectivity index (χ3n) is 3.80. The van der Waals surface area contributed by atoms with Crippen LogP contribution in [-0.4, -0.2) is 19.2 Å². The minimum absolute atomic E-state index is 0.308. The highest BCUT2D eigenvalue weighted by atomic mass is 16.5. The van der Waals surface area contributed by atoms with Crippen LogP contribution in [0.2, 0.25) is 0 Å². The van der Waals surface area contributed by atoms with Crippen molar-refractivity contribution in [2.75, 3.05) is 13.2 Å². The number of aryl methyl sites for hydroxylation is 1. The fourth-order valence-corrected chi connectivity index (χ4v) is 2.72. The van der Waals surface area contributed by atoms with Crippen LogP contribution in [0.15, 0.2) is 24.3 Å². The van der Waals surface area contributed by atoms with E-state index in [4.69, 9.17) is 4.74 Å². The normalized spacial score (nSPS) is 20.4. The summed E-state index contributed by atoms with van der Waals surface area (Å²) in [4.78, 5) is 0. The van der Waals surface area contributed by atoms with E-state index in [1.54, 1.807) is 0 Å². The Labute approximate surface area is 111 Å². The molecule has 1 aliphatic carbocycles. The molecule has 0 amide bonds. The molecule has 2 heteroatoms.